The van der Waals surface area contributed by atoms with Gasteiger partial charge in [-0.2, -0.15) is 0 Å². The number of nitrogens with zero attached hydrogens (tertiary/aromatic N) is 3. The van der Waals surface area contributed by atoms with Gasteiger partial charge in [-0.05, 0) is 7.05 Å². The topological polar surface area (TPSA) is 67.9 Å². The Hall–Kier alpha value is -1.50. The zero-order valence-corrected chi connectivity index (χ0v) is 10.8. The summed E-state index contributed by atoms with van der Waals surface area (Å²) in [5.41, 5.74) is 0. The molecule has 2 rings (SSSR count). The van der Waals surface area contributed by atoms with Gasteiger partial charge in [0.2, 0.25) is 0 Å². The van der Waals surface area contributed by atoms with Crippen LogP contribution in [0.1, 0.15) is 0 Å². The molecule has 0 aromatic carbocycles. The van der Waals surface area contributed by atoms with Crippen molar-refractivity contribution in [3.63, 3.8) is 0 Å². The highest BCUT2D eigenvalue weighted by molar-refractivity contribution is 5.77. The SMILES string of the molecule is CNCCN1CCN(CCN2CCNC2=O)C1=O. The number of nitrogens with one attached hydrogen (secondary N) is 2. The number of rotatable bonds is 6. The van der Waals surface area contributed by atoms with E-state index in [-0.39, 0.29) is 12.1 Å². The molecule has 7 nitrogen and oxygen atoms in total. The van der Waals surface area contributed by atoms with Gasteiger partial charge in [0.1, 0.15) is 0 Å². The van der Waals surface area contributed by atoms with E-state index in [1.54, 1.807) is 4.90 Å². The van der Waals surface area contributed by atoms with E-state index in [2.05, 4.69) is 10.6 Å². The van der Waals surface area contributed by atoms with E-state index in [4.69, 9.17) is 0 Å². The molecule has 0 saturated carbocycles. The lowest BCUT2D eigenvalue weighted by atomic mass is 10.5. The van der Waals surface area contributed by atoms with Crippen molar-refractivity contribution in [2.24, 2.45) is 0 Å². The lowest BCUT2D eigenvalue weighted by molar-refractivity contribution is 0.184. The zero-order valence-electron chi connectivity index (χ0n) is 10.8. The molecule has 0 unspecified atom stereocenters. The van der Waals surface area contributed by atoms with Crippen LogP contribution in [0.3, 0.4) is 0 Å². The number of carbonyl (C=O) groups is 2. The molecule has 18 heavy (non-hydrogen) atoms. The van der Waals surface area contributed by atoms with Crippen LogP contribution < -0.4 is 10.6 Å². The summed E-state index contributed by atoms with van der Waals surface area (Å²) >= 11 is 0. The molecule has 2 aliphatic rings. The molecule has 0 radical (unpaired) electrons. The Kier molecular flexibility index (Phi) is 4.24. The summed E-state index contributed by atoms with van der Waals surface area (Å²) < 4.78 is 0. The number of hydrogen-bond donors (Lipinski definition) is 2. The Morgan fingerprint density at radius 2 is 1.72 bits per heavy atom. The molecule has 0 aliphatic carbocycles. The summed E-state index contributed by atoms with van der Waals surface area (Å²) in [6, 6.07) is 0.0681. The summed E-state index contributed by atoms with van der Waals surface area (Å²) in [5.74, 6) is 0. The van der Waals surface area contributed by atoms with Crippen molar-refractivity contribution in [3.05, 3.63) is 0 Å². The maximum atomic E-state index is 12.0. The summed E-state index contributed by atoms with van der Waals surface area (Å²) in [6.07, 6.45) is 0. The van der Waals surface area contributed by atoms with E-state index in [1.165, 1.54) is 0 Å². The van der Waals surface area contributed by atoms with Crippen LogP contribution in [0.5, 0.6) is 0 Å². The Labute approximate surface area is 107 Å². The second kappa shape index (κ2) is 5.90. The monoisotopic (exact) mass is 255 g/mol. The molecular formula is C11H21N5O2. The lowest BCUT2D eigenvalue weighted by Gasteiger charge is -2.21. The molecule has 2 N–H and O–H groups in total. The van der Waals surface area contributed by atoms with Gasteiger partial charge in [-0.25, -0.2) is 9.59 Å². The minimum absolute atomic E-state index is 0.0197. The predicted molar refractivity (Wildman–Crippen MR) is 67.4 cm³/mol. The molecular weight excluding hydrogens is 234 g/mol. The average molecular weight is 255 g/mol. The van der Waals surface area contributed by atoms with Crippen molar-refractivity contribution in [2.75, 3.05) is 59.4 Å². The average Bonchev–Trinajstić information content (AvgIpc) is 2.92. The Morgan fingerprint density at radius 3 is 2.33 bits per heavy atom. The second-order valence-corrected chi connectivity index (χ2v) is 4.58. The quantitative estimate of drug-likeness (QED) is 0.637. The van der Waals surface area contributed by atoms with E-state index in [0.717, 1.165) is 32.7 Å². The molecule has 2 aliphatic heterocycles. The molecule has 4 amide bonds. The highest BCUT2D eigenvalue weighted by Crippen LogP contribution is 2.08. The van der Waals surface area contributed by atoms with Crippen LogP contribution in [-0.4, -0.2) is 86.2 Å². The van der Waals surface area contributed by atoms with Crippen LogP contribution >= 0.6 is 0 Å². The summed E-state index contributed by atoms with van der Waals surface area (Å²) in [6.45, 7) is 5.81. The molecule has 0 spiro atoms. The molecule has 0 atom stereocenters. The van der Waals surface area contributed by atoms with Crippen LogP contribution in [0.4, 0.5) is 9.59 Å². The van der Waals surface area contributed by atoms with E-state index in [9.17, 15) is 9.59 Å². The highest BCUT2D eigenvalue weighted by atomic mass is 16.2. The normalized spacial score (nSPS) is 19.9. The molecule has 2 saturated heterocycles. The van der Waals surface area contributed by atoms with Gasteiger partial charge in [0, 0.05) is 52.4 Å². The molecule has 0 aromatic rings. The third-order valence-electron chi connectivity index (χ3n) is 3.40. The fourth-order valence-corrected chi connectivity index (χ4v) is 2.26. The lowest BCUT2D eigenvalue weighted by Crippen LogP contribution is -2.40. The van der Waals surface area contributed by atoms with E-state index in [0.29, 0.717) is 19.6 Å². The van der Waals surface area contributed by atoms with Gasteiger partial charge in [-0.15, -0.1) is 0 Å². The zero-order chi connectivity index (χ0) is 13.0. The van der Waals surface area contributed by atoms with Crippen LogP contribution in [0.2, 0.25) is 0 Å². The molecule has 2 heterocycles. The Balaban J connectivity index is 1.74. The second-order valence-electron chi connectivity index (χ2n) is 4.58. The van der Waals surface area contributed by atoms with Crippen molar-refractivity contribution >= 4 is 12.1 Å². The van der Waals surface area contributed by atoms with Gasteiger partial charge in [0.25, 0.3) is 0 Å². The first-order valence-electron chi connectivity index (χ1n) is 6.43. The van der Waals surface area contributed by atoms with Crippen LogP contribution in [-0.2, 0) is 0 Å². The number of urea groups is 2. The largest absolute Gasteiger partial charge is 0.336 e. The first-order chi connectivity index (χ1) is 8.72. The molecule has 0 bridgehead atoms. The smallest absolute Gasteiger partial charge is 0.320 e. The fraction of sp³-hybridized carbons (Fsp3) is 0.818. The van der Waals surface area contributed by atoms with Crippen molar-refractivity contribution in [2.45, 2.75) is 0 Å². The number of likely N-dealkylation sites (N-methyl/N-ethyl adjacent to an activating group) is 1. The van der Waals surface area contributed by atoms with Gasteiger partial charge >= 0.3 is 12.1 Å². The Morgan fingerprint density at radius 1 is 1.06 bits per heavy atom. The van der Waals surface area contributed by atoms with Crippen molar-refractivity contribution in [3.8, 4) is 0 Å². The van der Waals surface area contributed by atoms with Crippen LogP contribution in [0.15, 0.2) is 0 Å². The molecule has 7 heteroatoms. The summed E-state index contributed by atoms with van der Waals surface area (Å²) in [4.78, 5) is 28.8. The number of amides is 4. The molecule has 2 fully saturated rings. The maximum Gasteiger partial charge on any atom is 0.320 e. The molecule has 0 aromatic heterocycles. The highest BCUT2D eigenvalue weighted by Gasteiger charge is 2.28. The summed E-state index contributed by atoms with van der Waals surface area (Å²) in [7, 11) is 1.88. The number of carbonyl (C=O) groups excluding carboxylic acids is 2. The van der Waals surface area contributed by atoms with Crippen LogP contribution in [0.25, 0.3) is 0 Å². The standard InChI is InChI=1S/C11H21N5O2/c1-12-2-4-15-8-9-16(11(15)18)7-6-14-5-3-13-10(14)17/h12H,2-9H2,1H3,(H,13,17). The van der Waals surface area contributed by atoms with Gasteiger partial charge in [0.05, 0.1) is 0 Å². The third kappa shape index (κ3) is 2.84. The van der Waals surface area contributed by atoms with E-state index < -0.39 is 0 Å². The third-order valence-corrected chi connectivity index (χ3v) is 3.40. The van der Waals surface area contributed by atoms with E-state index >= 15 is 0 Å². The maximum absolute atomic E-state index is 12.0. The van der Waals surface area contributed by atoms with Crippen molar-refractivity contribution in [1.82, 2.24) is 25.3 Å². The minimum Gasteiger partial charge on any atom is -0.336 e. The minimum atomic E-state index is -0.0197. The van der Waals surface area contributed by atoms with E-state index in [1.807, 2.05) is 16.8 Å². The fourth-order valence-electron chi connectivity index (χ4n) is 2.26. The van der Waals surface area contributed by atoms with Gasteiger partial charge in [0.15, 0.2) is 0 Å². The predicted octanol–water partition coefficient (Wildman–Crippen LogP) is -1.03. The van der Waals surface area contributed by atoms with Gasteiger partial charge in [-0.3, -0.25) is 0 Å². The van der Waals surface area contributed by atoms with Crippen molar-refractivity contribution in [1.29, 1.82) is 0 Å². The first-order valence-corrected chi connectivity index (χ1v) is 6.43. The van der Waals surface area contributed by atoms with Crippen LogP contribution in [0, 0.1) is 0 Å². The molecule has 102 valence electrons. The van der Waals surface area contributed by atoms with Gasteiger partial charge in [-0.1, -0.05) is 0 Å². The first kappa shape index (κ1) is 12.9. The summed E-state index contributed by atoms with van der Waals surface area (Å²) in [5, 5.41) is 5.80. The Bertz CT molecular complexity index is 323. The van der Waals surface area contributed by atoms with Crippen molar-refractivity contribution < 1.29 is 9.59 Å². The van der Waals surface area contributed by atoms with Gasteiger partial charge < -0.3 is 25.3 Å². The number of hydrogen-bond acceptors (Lipinski definition) is 3.